The van der Waals surface area contributed by atoms with Crippen molar-refractivity contribution < 1.29 is 9.53 Å². The average Bonchev–Trinajstić information content (AvgIpc) is 2.69. The molecule has 0 aliphatic carbocycles. The number of benzene rings is 2. The lowest BCUT2D eigenvalue weighted by molar-refractivity contribution is -0.118. The Morgan fingerprint density at radius 2 is 1.68 bits per heavy atom. The Bertz CT molecular complexity index is 794. The fraction of sp³-hybridized carbons (Fsp3) is 0.435. The molecule has 0 spiro atoms. The second-order valence-electron chi connectivity index (χ2n) is 7.75. The van der Waals surface area contributed by atoms with Crippen LogP contribution in [0.1, 0.15) is 25.0 Å². The van der Waals surface area contributed by atoms with Gasteiger partial charge in [-0.05, 0) is 75.2 Å². The van der Waals surface area contributed by atoms with Crippen molar-refractivity contribution in [1.82, 2.24) is 4.90 Å². The van der Waals surface area contributed by atoms with Crippen molar-refractivity contribution in [2.45, 2.75) is 33.7 Å². The molecule has 3 rings (SSSR count). The van der Waals surface area contributed by atoms with E-state index in [-0.39, 0.29) is 12.5 Å². The summed E-state index contributed by atoms with van der Waals surface area (Å²) in [5.74, 6) is 0.561. The Morgan fingerprint density at radius 1 is 1.00 bits per heavy atom. The van der Waals surface area contributed by atoms with Crippen molar-refractivity contribution in [2.75, 3.05) is 43.0 Å². The monoisotopic (exact) mass is 381 g/mol. The number of nitrogens with one attached hydrogen (secondary N) is 1. The summed E-state index contributed by atoms with van der Waals surface area (Å²) in [7, 11) is 0. The Balaban J connectivity index is 1.48. The van der Waals surface area contributed by atoms with Crippen LogP contribution in [0.2, 0.25) is 0 Å². The molecule has 1 amide bonds. The molecule has 2 aromatic carbocycles. The Morgan fingerprint density at radius 3 is 2.29 bits per heavy atom. The molecule has 1 aliphatic rings. The van der Waals surface area contributed by atoms with Crippen molar-refractivity contribution in [3.05, 3.63) is 53.6 Å². The third kappa shape index (κ3) is 5.26. The van der Waals surface area contributed by atoms with E-state index >= 15 is 0 Å². The summed E-state index contributed by atoms with van der Waals surface area (Å²) in [5.41, 5.74) is 4.36. The molecule has 0 saturated carbocycles. The van der Waals surface area contributed by atoms with Gasteiger partial charge in [0.1, 0.15) is 5.75 Å². The van der Waals surface area contributed by atoms with Gasteiger partial charge in [0.15, 0.2) is 6.61 Å². The van der Waals surface area contributed by atoms with Gasteiger partial charge in [-0.2, -0.15) is 0 Å². The topological polar surface area (TPSA) is 44.8 Å². The van der Waals surface area contributed by atoms with E-state index in [2.05, 4.69) is 48.0 Å². The average molecular weight is 382 g/mol. The maximum atomic E-state index is 12.2. The van der Waals surface area contributed by atoms with Gasteiger partial charge < -0.3 is 15.0 Å². The van der Waals surface area contributed by atoms with Crippen LogP contribution in [-0.4, -0.2) is 49.6 Å². The lowest BCUT2D eigenvalue weighted by atomic mass is 10.1. The molecule has 1 saturated heterocycles. The number of amides is 1. The van der Waals surface area contributed by atoms with Gasteiger partial charge in [-0.15, -0.1) is 0 Å². The Labute approximate surface area is 168 Å². The van der Waals surface area contributed by atoms with Gasteiger partial charge in [0.05, 0.1) is 0 Å². The molecular weight excluding hydrogens is 350 g/mol. The van der Waals surface area contributed by atoms with Gasteiger partial charge in [-0.1, -0.05) is 6.07 Å². The molecule has 0 radical (unpaired) electrons. The van der Waals surface area contributed by atoms with Gasteiger partial charge in [-0.25, -0.2) is 0 Å². The van der Waals surface area contributed by atoms with Crippen LogP contribution in [0.25, 0.3) is 0 Å². The predicted molar refractivity (Wildman–Crippen MR) is 115 cm³/mol. The first kappa shape index (κ1) is 20.2. The second-order valence-corrected chi connectivity index (χ2v) is 7.75. The summed E-state index contributed by atoms with van der Waals surface area (Å²) in [5, 5.41) is 2.90. The van der Waals surface area contributed by atoms with Crippen molar-refractivity contribution >= 4 is 17.3 Å². The first-order chi connectivity index (χ1) is 13.4. The van der Waals surface area contributed by atoms with E-state index < -0.39 is 0 Å². The van der Waals surface area contributed by atoms with Gasteiger partial charge in [0, 0.05) is 43.6 Å². The maximum Gasteiger partial charge on any atom is 0.262 e. The normalized spacial score (nSPS) is 15.0. The minimum absolute atomic E-state index is 0.00140. The number of hydrogen-bond acceptors (Lipinski definition) is 4. The second kappa shape index (κ2) is 9.11. The van der Waals surface area contributed by atoms with Crippen LogP contribution in [0.15, 0.2) is 42.5 Å². The molecular formula is C23H31N3O2. The van der Waals surface area contributed by atoms with Crippen LogP contribution >= 0.6 is 0 Å². The van der Waals surface area contributed by atoms with Gasteiger partial charge in [0.2, 0.25) is 0 Å². The largest absolute Gasteiger partial charge is 0.484 e. The van der Waals surface area contributed by atoms with E-state index in [9.17, 15) is 4.79 Å². The number of hydrogen-bond donors (Lipinski definition) is 1. The van der Waals surface area contributed by atoms with Crippen molar-refractivity contribution in [3.63, 3.8) is 0 Å². The summed E-state index contributed by atoms with van der Waals surface area (Å²) in [6.45, 7) is 12.8. The zero-order valence-electron chi connectivity index (χ0n) is 17.4. The number of rotatable bonds is 6. The minimum Gasteiger partial charge on any atom is -0.484 e. The lowest BCUT2D eigenvalue weighted by Gasteiger charge is -2.38. The van der Waals surface area contributed by atoms with Crippen LogP contribution in [0.4, 0.5) is 11.4 Å². The van der Waals surface area contributed by atoms with Crippen LogP contribution in [0.3, 0.4) is 0 Å². The zero-order valence-corrected chi connectivity index (χ0v) is 17.4. The van der Waals surface area contributed by atoms with Gasteiger partial charge in [0.25, 0.3) is 5.91 Å². The molecule has 0 atom stereocenters. The molecule has 1 aliphatic heterocycles. The van der Waals surface area contributed by atoms with E-state index in [0.717, 1.165) is 37.4 Å². The third-order valence-electron chi connectivity index (χ3n) is 5.41. The molecule has 0 aromatic heterocycles. The van der Waals surface area contributed by atoms with E-state index in [4.69, 9.17) is 4.74 Å². The first-order valence-corrected chi connectivity index (χ1v) is 10.0. The van der Waals surface area contributed by atoms with Gasteiger partial charge in [-0.3, -0.25) is 9.69 Å². The lowest BCUT2D eigenvalue weighted by Crippen LogP contribution is -2.48. The number of carbonyl (C=O) groups excluding carboxylic acids is 1. The van der Waals surface area contributed by atoms with E-state index in [1.54, 1.807) is 0 Å². The van der Waals surface area contributed by atoms with Gasteiger partial charge >= 0.3 is 0 Å². The van der Waals surface area contributed by atoms with Crippen LogP contribution in [0, 0.1) is 13.8 Å². The quantitative estimate of drug-likeness (QED) is 0.825. The van der Waals surface area contributed by atoms with E-state index in [0.29, 0.717) is 11.8 Å². The maximum absolute atomic E-state index is 12.2. The zero-order chi connectivity index (χ0) is 20.1. The summed E-state index contributed by atoms with van der Waals surface area (Å²) < 4.78 is 5.60. The molecule has 5 nitrogen and oxygen atoms in total. The van der Waals surface area contributed by atoms with E-state index in [1.165, 1.54) is 11.3 Å². The molecule has 0 bridgehead atoms. The van der Waals surface area contributed by atoms with Crippen molar-refractivity contribution in [1.29, 1.82) is 0 Å². The van der Waals surface area contributed by atoms with Crippen LogP contribution in [-0.2, 0) is 4.79 Å². The molecule has 1 N–H and O–H groups in total. The molecule has 28 heavy (non-hydrogen) atoms. The standard InChI is InChI=1S/C23H31N3O2/c1-17(2)25-11-13-26(14-12-25)21-8-6-20(7-9-21)24-23(27)16-28-22-10-5-18(3)19(4)15-22/h5-10,15,17H,11-14,16H2,1-4H3,(H,24,27). The molecule has 150 valence electrons. The number of anilines is 2. The van der Waals surface area contributed by atoms with Crippen molar-refractivity contribution in [3.8, 4) is 5.75 Å². The van der Waals surface area contributed by atoms with Crippen molar-refractivity contribution in [2.24, 2.45) is 0 Å². The molecule has 0 unspecified atom stereocenters. The Kier molecular flexibility index (Phi) is 6.57. The summed E-state index contributed by atoms with van der Waals surface area (Å²) >= 11 is 0. The highest BCUT2D eigenvalue weighted by Gasteiger charge is 2.18. The fourth-order valence-corrected chi connectivity index (χ4v) is 3.40. The van der Waals surface area contributed by atoms with Crippen LogP contribution < -0.4 is 15.0 Å². The predicted octanol–water partition coefficient (Wildman–Crippen LogP) is 3.85. The highest BCUT2D eigenvalue weighted by Crippen LogP contribution is 2.20. The van der Waals surface area contributed by atoms with Crippen LogP contribution in [0.5, 0.6) is 5.75 Å². The first-order valence-electron chi connectivity index (χ1n) is 10.0. The number of piperazine rings is 1. The fourth-order valence-electron chi connectivity index (χ4n) is 3.40. The SMILES string of the molecule is Cc1ccc(OCC(=O)Nc2ccc(N3CCN(C(C)C)CC3)cc2)cc1C. The Hall–Kier alpha value is -2.53. The number of nitrogens with zero attached hydrogens (tertiary/aromatic N) is 2. The smallest absolute Gasteiger partial charge is 0.262 e. The molecule has 2 aromatic rings. The molecule has 1 fully saturated rings. The number of ether oxygens (including phenoxy) is 1. The number of carbonyl (C=O) groups is 1. The summed E-state index contributed by atoms with van der Waals surface area (Å²) in [4.78, 5) is 17.1. The number of aryl methyl sites for hydroxylation is 2. The third-order valence-corrected chi connectivity index (χ3v) is 5.41. The summed E-state index contributed by atoms with van der Waals surface area (Å²) in [6.07, 6.45) is 0. The minimum atomic E-state index is -0.156. The molecule has 1 heterocycles. The van der Waals surface area contributed by atoms with E-state index in [1.807, 2.05) is 37.3 Å². The highest BCUT2D eigenvalue weighted by atomic mass is 16.5. The summed E-state index contributed by atoms with van der Waals surface area (Å²) in [6, 6.07) is 14.5. The highest BCUT2D eigenvalue weighted by molar-refractivity contribution is 5.92. The molecule has 5 heteroatoms.